The molecule has 0 saturated heterocycles. The van der Waals surface area contributed by atoms with Crippen molar-refractivity contribution in [3.05, 3.63) is 0 Å². The van der Waals surface area contributed by atoms with Crippen molar-refractivity contribution in [2.24, 2.45) is 0 Å². The summed E-state index contributed by atoms with van der Waals surface area (Å²) in [4.78, 5) is 0. The van der Waals surface area contributed by atoms with Gasteiger partial charge in [-0.05, 0) is 6.92 Å². The summed E-state index contributed by atoms with van der Waals surface area (Å²) in [5.74, 6) is 0. The Labute approximate surface area is 81.8 Å². The van der Waals surface area contributed by atoms with Crippen molar-refractivity contribution in [1.29, 1.82) is 0 Å². The molecule has 0 aliphatic carbocycles. The van der Waals surface area contributed by atoms with E-state index in [1.165, 1.54) is 21.3 Å². The van der Waals surface area contributed by atoms with Crippen LogP contribution in [0.25, 0.3) is 0 Å². The zero-order chi connectivity index (χ0) is 8.91. The zero-order valence-electron chi connectivity index (χ0n) is 7.09. The van der Waals surface area contributed by atoms with Gasteiger partial charge in [0.15, 0.2) is 0 Å². The van der Waals surface area contributed by atoms with E-state index in [9.17, 15) is 0 Å². The predicted octanol–water partition coefficient (Wildman–Crippen LogP) is 1.16. The van der Waals surface area contributed by atoms with Crippen LogP contribution in [0.2, 0.25) is 0 Å². The molecule has 0 bridgehead atoms. The molecule has 0 N–H and O–H groups in total. The minimum absolute atomic E-state index is 0.0131. The maximum absolute atomic E-state index is 5.34. The average molecular weight is 292 g/mol. The summed E-state index contributed by atoms with van der Waals surface area (Å²) in [6.45, 7) is 1.89. The van der Waals surface area contributed by atoms with Crippen molar-refractivity contribution in [2.75, 3.05) is 21.3 Å². The standard InChI is InChI=1S/C5H13IO4Si/c1-5(6)10-11(7-2,8-3)9-4/h5H,1-4H3. The third kappa shape index (κ3) is 3.81. The van der Waals surface area contributed by atoms with Crippen LogP contribution in [-0.4, -0.2) is 34.5 Å². The SMILES string of the molecule is CO[Si](OC)(OC)OC(C)I. The molecule has 0 aliphatic heterocycles. The zero-order valence-corrected chi connectivity index (χ0v) is 10.2. The molecule has 0 fully saturated rings. The molecule has 0 aliphatic rings. The number of hydrogen-bond donors (Lipinski definition) is 0. The predicted molar refractivity (Wildman–Crippen MR) is 51.3 cm³/mol. The summed E-state index contributed by atoms with van der Waals surface area (Å²) in [5, 5.41) is 0. The van der Waals surface area contributed by atoms with E-state index in [-0.39, 0.29) is 4.11 Å². The third-order valence-electron chi connectivity index (χ3n) is 1.06. The van der Waals surface area contributed by atoms with E-state index in [4.69, 9.17) is 17.7 Å². The van der Waals surface area contributed by atoms with Gasteiger partial charge in [0.1, 0.15) is 4.11 Å². The molecule has 0 rings (SSSR count). The molecule has 68 valence electrons. The lowest BCUT2D eigenvalue weighted by molar-refractivity contribution is 0.00540. The molecule has 1 unspecified atom stereocenters. The van der Waals surface area contributed by atoms with E-state index < -0.39 is 9.05 Å². The monoisotopic (exact) mass is 292 g/mol. The van der Waals surface area contributed by atoms with Crippen molar-refractivity contribution < 1.29 is 17.7 Å². The van der Waals surface area contributed by atoms with Crippen LogP contribution in [0.15, 0.2) is 0 Å². The molecule has 0 saturated carbocycles. The fraction of sp³-hybridized carbons (Fsp3) is 1.00. The summed E-state index contributed by atoms with van der Waals surface area (Å²) in [5.41, 5.74) is 0. The molecule has 0 aromatic heterocycles. The maximum Gasteiger partial charge on any atom is 0.679 e. The van der Waals surface area contributed by atoms with Gasteiger partial charge in [-0.25, -0.2) is 0 Å². The quantitative estimate of drug-likeness (QED) is 0.433. The van der Waals surface area contributed by atoms with Gasteiger partial charge >= 0.3 is 9.05 Å². The number of halogens is 1. The molecule has 0 spiro atoms. The Balaban J connectivity index is 4.05. The molecule has 4 nitrogen and oxygen atoms in total. The van der Waals surface area contributed by atoms with Crippen LogP contribution in [0.5, 0.6) is 0 Å². The number of hydrogen-bond acceptors (Lipinski definition) is 4. The van der Waals surface area contributed by atoms with E-state index in [2.05, 4.69) is 22.6 Å². The van der Waals surface area contributed by atoms with Crippen LogP contribution in [0.3, 0.4) is 0 Å². The largest absolute Gasteiger partial charge is 0.679 e. The molecule has 11 heavy (non-hydrogen) atoms. The molecule has 0 aromatic rings. The molecular formula is C5H13IO4Si. The van der Waals surface area contributed by atoms with Crippen molar-refractivity contribution in [1.82, 2.24) is 0 Å². The highest BCUT2D eigenvalue weighted by Crippen LogP contribution is 2.14. The van der Waals surface area contributed by atoms with Gasteiger partial charge in [0, 0.05) is 21.3 Å². The lowest BCUT2D eigenvalue weighted by Gasteiger charge is -2.24. The Hall–Kier alpha value is 0.787. The normalized spacial score (nSPS) is 15.0. The lowest BCUT2D eigenvalue weighted by atomic mass is 10.9. The van der Waals surface area contributed by atoms with Crippen molar-refractivity contribution in [3.63, 3.8) is 0 Å². The van der Waals surface area contributed by atoms with E-state index in [0.29, 0.717) is 0 Å². The maximum atomic E-state index is 5.34. The Morgan fingerprint density at radius 3 is 1.55 bits per heavy atom. The van der Waals surface area contributed by atoms with E-state index >= 15 is 0 Å². The Morgan fingerprint density at radius 1 is 1.09 bits per heavy atom. The van der Waals surface area contributed by atoms with E-state index in [1.807, 2.05) is 6.92 Å². The topological polar surface area (TPSA) is 36.9 Å². The first-order chi connectivity index (χ1) is 5.10. The Kier molecular flexibility index (Phi) is 5.82. The van der Waals surface area contributed by atoms with Crippen molar-refractivity contribution in [2.45, 2.75) is 11.0 Å². The molecule has 0 heterocycles. The van der Waals surface area contributed by atoms with Crippen LogP contribution in [0.1, 0.15) is 6.92 Å². The third-order valence-corrected chi connectivity index (χ3v) is 3.93. The fourth-order valence-electron chi connectivity index (χ4n) is 0.593. The second kappa shape index (κ2) is 5.44. The molecular weight excluding hydrogens is 279 g/mol. The van der Waals surface area contributed by atoms with Gasteiger partial charge in [0.2, 0.25) is 0 Å². The fourth-order valence-corrected chi connectivity index (χ4v) is 2.71. The average Bonchev–Trinajstić information content (AvgIpc) is 2.00. The van der Waals surface area contributed by atoms with E-state index in [0.717, 1.165) is 0 Å². The summed E-state index contributed by atoms with van der Waals surface area (Å²) in [6, 6.07) is 0. The highest BCUT2D eigenvalue weighted by Gasteiger charge is 2.43. The van der Waals surface area contributed by atoms with Gasteiger partial charge in [-0.15, -0.1) is 0 Å². The second-order valence-corrected chi connectivity index (χ2v) is 5.99. The first kappa shape index (κ1) is 11.8. The summed E-state index contributed by atoms with van der Waals surface area (Å²) < 4.78 is 20.4. The molecule has 0 amide bonds. The van der Waals surface area contributed by atoms with Crippen molar-refractivity contribution >= 4 is 31.6 Å². The smallest absolute Gasteiger partial charge is 0.355 e. The molecule has 6 heteroatoms. The van der Waals surface area contributed by atoms with Crippen molar-refractivity contribution in [3.8, 4) is 0 Å². The van der Waals surface area contributed by atoms with Gasteiger partial charge in [-0.2, -0.15) is 0 Å². The number of alkyl halides is 1. The minimum Gasteiger partial charge on any atom is -0.355 e. The van der Waals surface area contributed by atoms with Crippen LogP contribution in [0, 0.1) is 0 Å². The van der Waals surface area contributed by atoms with Crippen LogP contribution in [-0.2, 0) is 17.7 Å². The highest BCUT2D eigenvalue weighted by molar-refractivity contribution is 14.1. The van der Waals surface area contributed by atoms with Crippen LogP contribution < -0.4 is 0 Å². The molecule has 1 atom stereocenters. The Morgan fingerprint density at radius 2 is 1.45 bits per heavy atom. The van der Waals surface area contributed by atoms with Gasteiger partial charge in [-0.3, -0.25) is 0 Å². The van der Waals surface area contributed by atoms with Gasteiger partial charge in [0.05, 0.1) is 0 Å². The summed E-state index contributed by atoms with van der Waals surface area (Å²) in [6.07, 6.45) is 0. The Bertz CT molecular complexity index is 98.4. The molecule has 0 aromatic carbocycles. The van der Waals surface area contributed by atoms with E-state index in [1.54, 1.807) is 0 Å². The summed E-state index contributed by atoms with van der Waals surface area (Å²) in [7, 11) is 1.75. The van der Waals surface area contributed by atoms with Crippen LogP contribution >= 0.6 is 22.6 Å². The number of rotatable bonds is 5. The first-order valence-corrected chi connectivity index (χ1v) is 5.95. The minimum atomic E-state index is -2.79. The highest BCUT2D eigenvalue weighted by atomic mass is 127. The van der Waals surface area contributed by atoms with Gasteiger partial charge in [-0.1, -0.05) is 22.6 Å². The van der Waals surface area contributed by atoms with Gasteiger partial charge in [0.25, 0.3) is 0 Å². The second-order valence-electron chi connectivity index (χ2n) is 1.77. The summed E-state index contributed by atoms with van der Waals surface area (Å²) >= 11 is 2.11. The van der Waals surface area contributed by atoms with Crippen LogP contribution in [0.4, 0.5) is 0 Å². The van der Waals surface area contributed by atoms with Gasteiger partial charge < -0.3 is 17.7 Å². The lowest BCUT2D eigenvalue weighted by Crippen LogP contribution is -2.47. The molecule has 0 radical (unpaired) electrons. The first-order valence-electron chi connectivity index (χ1n) is 3.07.